The summed E-state index contributed by atoms with van der Waals surface area (Å²) in [7, 11) is 0. The molecular weight excluding hydrogens is 318 g/mol. The number of hydrogen-bond acceptors (Lipinski definition) is 3. The fourth-order valence-electron chi connectivity index (χ4n) is 1.54. The van der Waals surface area contributed by atoms with Crippen LogP contribution in [-0.2, 0) is 12.4 Å². The van der Waals surface area contributed by atoms with E-state index in [2.05, 4.69) is 10.1 Å². The number of anilines is 1. The van der Waals surface area contributed by atoms with Gasteiger partial charge in [0.05, 0.1) is 11.8 Å². The van der Waals surface area contributed by atoms with Gasteiger partial charge in [-0.2, -0.15) is 31.4 Å². The maximum atomic E-state index is 12.6. The lowest BCUT2D eigenvalue weighted by Crippen LogP contribution is -2.18. The number of aromatic amines is 1. The first-order valence-electron chi connectivity index (χ1n) is 5.54. The maximum Gasteiger partial charge on any atom is 0.433 e. The highest BCUT2D eigenvalue weighted by atomic mass is 19.4. The van der Waals surface area contributed by atoms with E-state index >= 15 is 0 Å². The van der Waals surface area contributed by atoms with E-state index in [0.717, 1.165) is 12.3 Å². The molecule has 118 valence electrons. The summed E-state index contributed by atoms with van der Waals surface area (Å²) in [6.07, 6.45) is -8.19. The van der Waals surface area contributed by atoms with Crippen LogP contribution in [0.25, 0.3) is 0 Å². The van der Waals surface area contributed by atoms with E-state index in [1.54, 1.807) is 5.10 Å². The number of nitrogens with one attached hydrogen (secondary N) is 2. The molecule has 0 atom stereocenters. The molecule has 2 aromatic rings. The summed E-state index contributed by atoms with van der Waals surface area (Å²) >= 11 is 0. The van der Waals surface area contributed by atoms with E-state index in [0.29, 0.717) is 12.3 Å². The lowest BCUT2D eigenvalue weighted by molar-refractivity contribution is -0.142. The molecule has 0 saturated carbocycles. The van der Waals surface area contributed by atoms with Gasteiger partial charge in [-0.05, 0) is 12.1 Å². The molecule has 2 aromatic heterocycles. The molecule has 22 heavy (non-hydrogen) atoms. The van der Waals surface area contributed by atoms with E-state index in [1.807, 2.05) is 5.32 Å². The summed E-state index contributed by atoms with van der Waals surface area (Å²) in [6, 6.07) is 1.52. The van der Waals surface area contributed by atoms with Crippen LogP contribution in [0.4, 0.5) is 32.0 Å². The number of carbonyl (C=O) groups excluding carboxylic acids is 1. The predicted octanol–water partition coefficient (Wildman–Crippen LogP) is 3.09. The molecule has 0 bridgehead atoms. The Morgan fingerprint density at radius 1 is 1.14 bits per heavy atom. The number of H-pyrrole nitrogens is 1. The maximum absolute atomic E-state index is 12.6. The number of nitrogens with zero attached hydrogens (tertiary/aromatic N) is 2. The first-order chi connectivity index (χ1) is 10.1. The third-order valence-corrected chi connectivity index (χ3v) is 2.48. The third-order valence-electron chi connectivity index (χ3n) is 2.48. The smallest absolute Gasteiger partial charge is 0.322 e. The van der Waals surface area contributed by atoms with Crippen LogP contribution in [0.15, 0.2) is 24.5 Å². The minimum absolute atomic E-state index is 0.346. The fourth-order valence-corrected chi connectivity index (χ4v) is 1.54. The van der Waals surface area contributed by atoms with Gasteiger partial charge in [0.25, 0.3) is 5.91 Å². The van der Waals surface area contributed by atoms with Gasteiger partial charge in [0.2, 0.25) is 0 Å². The number of halogens is 6. The van der Waals surface area contributed by atoms with Crippen LogP contribution in [0.3, 0.4) is 0 Å². The van der Waals surface area contributed by atoms with Crippen LogP contribution in [-0.4, -0.2) is 21.1 Å². The summed E-state index contributed by atoms with van der Waals surface area (Å²) in [4.78, 5) is 14.8. The summed E-state index contributed by atoms with van der Waals surface area (Å²) in [6.45, 7) is 0. The Balaban J connectivity index is 2.25. The molecule has 2 heterocycles. The van der Waals surface area contributed by atoms with Crippen LogP contribution in [0.1, 0.15) is 21.7 Å². The highest BCUT2D eigenvalue weighted by Gasteiger charge is 2.38. The Kier molecular flexibility index (Phi) is 3.81. The van der Waals surface area contributed by atoms with Crippen molar-refractivity contribution in [3.8, 4) is 0 Å². The first kappa shape index (κ1) is 15.8. The van der Waals surface area contributed by atoms with Gasteiger partial charge in [0.15, 0.2) is 5.69 Å². The number of amides is 1. The monoisotopic (exact) mass is 324 g/mol. The third kappa shape index (κ3) is 3.35. The van der Waals surface area contributed by atoms with Gasteiger partial charge in [-0.15, -0.1) is 0 Å². The van der Waals surface area contributed by atoms with Crippen LogP contribution >= 0.6 is 0 Å². The Morgan fingerprint density at radius 3 is 2.41 bits per heavy atom. The SMILES string of the molecule is O=C(Nc1ccnc(C(F)(F)F)c1)c1cn[nH]c1C(F)(F)F. The topological polar surface area (TPSA) is 70.7 Å². The number of aromatic nitrogens is 3. The second kappa shape index (κ2) is 5.31. The van der Waals surface area contributed by atoms with E-state index in [4.69, 9.17) is 0 Å². The highest BCUT2D eigenvalue weighted by molar-refractivity contribution is 6.05. The largest absolute Gasteiger partial charge is 0.433 e. The molecule has 0 spiro atoms. The fraction of sp³-hybridized carbons (Fsp3) is 0.182. The normalized spacial score (nSPS) is 12.3. The molecule has 0 aliphatic rings. The lowest BCUT2D eigenvalue weighted by Gasteiger charge is -2.10. The molecule has 0 radical (unpaired) electrons. The van der Waals surface area contributed by atoms with E-state index in [9.17, 15) is 31.1 Å². The minimum Gasteiger partial charge on any atom is -0.322 e. The molecule has 0 fully saturated rings. The molecule has 11 heteroatoms. The predicted molar refractivity (Wildman–Crippen MR) is 60.8 cm³/mol. The van der Waals surface area contributed by atoms with Crippen molar-refractivity contribution in [1.82, 2.24) is 15.2 Å². The molecule has 0 aromatic carbocycles. The quantitative estimate of drug-likeness (QED) is 0.834. The number of carbonyl (C=O) groups is 1. The van der Waals surface area contributed by atoms with Gasteiger partial charge in [-0.3, -0.25) is 14.9 Å². The second-order valence-corrected chi connectivity index (χ2v) is 4.04. The Labute approximate surface area is 118 Å². The number of rotatable bonds is 2. The molecule has 2 N–H and O–H groups in total. The Bertz CT molecular complexity index is 690. The van der Waals surface area contributed by atoms with Crippen molar-refractivity contribution in [1.29, 1.82) is 0 Å². The summed E-state index contributed by atoms with van der Waals surface area (Å²) < 4.78 is 75.2. The Morgan fingerprint density at radius 2 is 1.82 bits per heavy atom. The number of alkyl halides is 6. The van der Waals surface area contributed by atoms with Gasteiger partial charge in [-0.1, -0.05) is 0 Å². The Hall–Kier alpha value is -2.59. The van der Waals surface area contributed by atoms with E-state index < -0.39 is 35.2 Å². The van der Waals surface area contributed by atoms with Crippen molar-refractivity contribution in [3.63, 3.8) is 0 Å². The van der Waals surface area contributed by atoms with Crippen molar-refractivity contribution < 1.29 is 31.1 Å². The van der Waals surface area contributed by atoms with Crippen molar-refractivity contribution in [2.75, 3.05) is 5.32 Å². The van der Waals surface area contributed by atoms with Crippen LogP contribution in [0.5, 0.6) is 0 Å². The lowest BCUT2D eigenvalue weighted by atomic mass is 10.2. The minimum atomic E-state index is -4.85. The number of hydrogen-bond donors (Lipinski definition) is 2. The van der Waals surface area contributed by atoms with Crippen LogP contribution in [0.2, 0.25) is 0 Å². The highest BCUT2D eigenvalue weighted by Crippen LogP contribution is 2.31. The molecule has 5 nitrogen and oxygen atoms in total. The molecule has 0 aliphatic heterocycles. The standard InChI is InChI=1S/C11H6F6N4O/c12-10(13,14)7-3-5(1-2-18-7)20-9(22)6-4-19-21-8(6)11(15,16)17/h1-4H,(H,19,21)(H,18,20,22). The van der Waals surface area contributed by atoms with E-state index in [-0.39, 0.29) is 5.69 Å². The molecular formula is C11H6F6N4O. The van der Waals surface area contributed by atoms with Gasteiger partial charge in [0.1, 0.15) is 5.69 Å². The van der Waals surface area contributed by atoms with E-state index in [1.165, 1.54) is 0 Å². The van der Waals surface area contributed by atoms with Gasteiger partial charge in [0, 0.05) is 11.9 Å². The zero-order chi connectivity index (χ0) is 16.5. The average Bonchev–Trinajstić information content (AvgIpc) is 2.87. The van der Waals surface area contributed by atoms with Crippen molar-refractivity contribution in [3.05, 3.63) is 41.5 Å². The molecule has 0 aliphatic carbocycles. The average molecular weight is 324 g/mol. The molecule has 0 unspecified atom stereocenters. The zero-order valence-corrected chi connectivity index (χ0v) is 10.4. The van der Waals surface area contributed by atoms with Crippen LogP contribution < -0.4 is 5.32 Å². The van der Waals surface area contributed by atoms with Crippen LogP contribution in [0, 0.1) is 0 Å². The number of pyridine rings is 1. The molecule has 0 saturated heterocycles. The first-order valence-corrected chi connectivity index (χ1v) is 5.54. The second-order valence-electron chi connectivity index (χ2n) is 4.04. The summed E-state index contributed by atoms with van der Waals surface area (Å²) in [5.41, 5.74) is -3.86. The molecule has 1 amide bonds. The van der Waals surface area contributed by atoms with Gasteiger partial charge >= 0.3 is 12.4 Å². The van der Waals surface area contributed by atoms with Gasteiger partial charge < -0.3 is 5.32 Å². The summed E-state index contributed by atoms with van der Waals surface area (Å²) in [5.74, 6) is -1.25. The van der Waals surface area contributed by atoms with Crippen molar-refractivity contribution in [2.24, 2.45) is 0 Å². The van der Waals surface area contributed by atoms with Crippen molar-refractivity contribution >= 4 is 11.6 Å². The summed E-state index contributed by atoms with van der Waals surface area (Å²) in [5, 5.41) is 6.66. The molecule has 2 rings (SSSR count). The van der Waals surface area contributed by atoms with Gasteiger partial charge in [-0.25, -0.2) is 0 Å². The van der Waals surface area contributed by atoms with Crippen molar-refractivity contribution in [2.45, 2.75) is 12.4 Å². The zero-order valence-electron chi connectivity index (χ0n) is 10.4.